The summed E-state index contributed by atoms with van der Waals surface area (Å²) in [7, 11) is 0. The van der Waals surface area contributed by atoms with E-state index in [0.29, 0.717) is 23.1 Å². The molecular formula is C19H14F4N2O. The van der Waals surface area contributed by atoms with Crippen molar-refractivity contribution in [3.8, 4) is 5.75 Å². The van der Waals surface area contributed by atoms with Crippen LogP contribution in [0.1, 0.15) is 17.7 Å². The van der Waals surface area contributed by atoms with Gasteiger partial charge in [-0.15, -0.1) is 0 Å². The molecule has 0 fully saturated rings. The molecule has 0 radical (unpaired) electrons. The zero-order chi connectivity index (χ0) is 18.4. The molecule has 7 heteroatoms. The molecule has 0 saturated carbocycles. The van der Waals surface area contributed by atoms with Crippen LogP contribution < -0.4 is 9.64 Å². The number of nitrogens with zero attached hydrogens (tertiary/aromatic N) is 2. The van der Waals surface area contributed by atoms with Crippen molar-refractivity contribution in [1.29, 1.82) is 0 Å². The summed E-state index contributed by atoms with van der Waals surface area (Å²) in [6, 6.07) is 11.6. The lowest BCUT2D eigenvalue weighted by Gasteiger charge is -2.20. The number of fused-ring (bicyclic) bond motifs is 2. The molecule has 2 heterocycles. The van der Waals surface area contributed by atoms with Gasteiger partial charge in [-0.2, -0.15) is 17.6 Å². The Morgan fingerprint density at radius 2 is 1.81 bits per heavy atom. The molecule has 0 saturated heterocycles. The molecule has 1 aliphatic heterocycles. The highest BCUT2D eigenvalue weighted by atomic mass is 19.3. The first kappa shape index (κ1) is 16.5. The van der Waals surface area contributed by atoms with Crippen molar-refractivity contribution in [2.24, 2.45) is 0 Å². The van der Waals surface area contributed by atoms with Crippen molar-refractivity contribution in [1.82, 2.24) is 4.57 Å². The lowest BCUT2D eigenvalue weighted by molar-refractivity contribution is -0.0498. The highest BCUT2D eigenvalue weighted by Crippen LogP contribution is 2.39. The van der Waals surface area contributed by atoms with E-state index >= 15 is 0 Å². The van der Waals surface area contributed by atoms with Gasteiger partial charge in [0.1, 0.15) is 5.75 Å². The largest absolute Gasteiger partial charge is 0.435 e. The second kappa shape index (κ2) is 6.09. The molecule has 3 aromatic rings. The summed E-state index contributed by atoms with van der Waals surface area (Å²) in [6.07, 6.45) is 1.35. The summed E-state index contributed by atoms with van der Waals surface area (Å²) >= 11 is 0. The summed E-state index contributed by atoms with van der Waals surface area (Å²) in [6.45, 7) is -0.925. The first-order valence-electron chi connectivity index (χ1n) is 7.87. The average Bonchev–Trinajstić information content (AvgIpc) is 3.15. The van der Waals surface area contributed by atoms with Crippen molar-refractivity contribution < 1.29 is 22.3 Å². The van der Waals surface area contributed by atoms with Crippen molar-refractivity contribution in [3.63, 3.8) is 0 Å². The predicted molar refractivity (Wildman–Crippen MR) is 91.5 cm³/mol. The van der Waals surface area contributed by atoms with Crippen LogP contribution >= 0.6 is 0 Å². The first-order chi connectivity index (χ1) is 12.4. The maximum absolute atomic E-state index is 13.0. The van der Waals surface area contributed by atoms with E-state index in [-0.39, 0.29) is 5.75 Å². The lowest BCUT2D eigenvalue weighted by atomic mass is 10.1. The molecule has 0 aliphatic carbocycles. The molecular weight excluding hydrogens is 348 g/mol. The molecule has 1 aliphatic rings. The fourth-order valence-corrected chi connectivity index (χ4v) is 3.29. The summed E-state index contributed by atoms with van der Waals surface area (Å²) in [5.74, 6) is 0.0752. The van der Waals surface area contributed by atoms with Gasteiger partial charge in [-0.3, -0.25) is 4.57 Å². The van der Waals surface area contributed by atoms with E-state index < -0.39 is 13.2 Å². The van der Waals surface area contributed by atoms with E-state index in [1.807, 2.05) is 11.0 Å². The van der Waals surface area contributed by atoms with Crippen LogP contribution in [-0.4, -0.2) is 11.2 Å². The number of ether oxygens (including phenoxy) is 1. The normalized spacial score (nSPS) is 13.9. The fourth-order valence-electron chi connectivity index (χ4n) is 3.29. The van der Waals surface area contributed by atoms with Gasteiger partial charge in [-0.25, -0.2) is 0 Å². The predicted octanol–water partition coefficient (Wildman–Crippen LogP) is 5.63. The second-order valence-electron chi connectivity index (χ2n) is 5.97. The molecule has 0 amide bonds. The van der Waals surface area contributed by atoms with Gasteiger partial charge in [0.2, 0.25) is 0 Å². The lowest BCUT2D eigenvalue weighted by Crippen LogP contribution is -2.12. The Morgan fingerprint density at radius 1 is 1.00 bits per heavy atom. The van der Waals surface area contributed by atoms with Crippen LogP contribution in [0.5, 0.6) is 5.75 Å². The Labute approximate surface area is 146 Å². The molecule has 0 N–H and O–H groups in total. The van der Waals surface area contributed by atoms with Crippen molar-refractivity contribution >= 4 is 22.3 Å². The van der Waals surface area contributed by atoms with E-state index in [4.69, 9.17) is 0 Å². The average molecular weight is 362 g/mol. The first-order valence-corrected chi connectivity index (χ1v) is 7.87. The standard InChI is InChI=1S/C19H14F4N2O/c1-11-16-9-15(26-19(22)23)4-2-13(16)10-25(11)14-3-5-17-12(8-14)6-7-24(17)18(20)21/h2-9,18-19H,1,10H2. The van der Waals surface area contributed by atoms with Gasteiger partial charge in [0, 0.05) is 35.1 Å². The Hall–Kier alpha value is -2.96. The van der Waals surface area contributed by atoms with Crippen molar-refractivity contribution in [2.45, 2.75) is 19.7 Å². The molecule has 134 valence electrons. The van der Waals surface area contributed by atoms with Crippen LogP contribution in [0.25, 0.3) is 16.6 Å². The number of hydrogen-bond acceptors (Lipinski definition) is 2. The molecule has 2 aromatic carbocycles. The minimum Gasteiger partial charge on any atom is -0.435 e. The maximum atomic E-state index is 13.0. The SMILES string of the molecule is C=C1c2cc(OC(F)F)ccc2CN1c1ccc2c(ccn2C(F)F)c1. The third kappa shape index (κ3) is 2.69. The minimum absolute atomic E-state index is 0.0752. The molecule has 0 spiro atoms. The van der Waals surface area contributed by atoms with Gasteiger partial charge >= 0.3 is 13.2 Å². The highest BCUT2D eigenvalue weighted by molar-refractivity contribution is 5.90. The minimum atomic E-state index is -2.89. The Kier molecular flexibility index (Phi) is 3.86. The molecule has 0 unspecified atom stereocenters. The molecule has 1 aromatic heterocycles. The van der Waals surface area contributed by atoms with Gasteiger partial charge in [-0.1, -0.05) is 12.6 Å². The zero-order valence-corrected chi connectivity index (χ0v) is 13.5. The number of benzene rings is 2. The third-order valence-electron chi connectivity index (χ3n) is 4.50. The van der Waals surface area contributed by atoms with Crippen LogP contribution in [0.15, 0.2) is 55.2 Å². The molecule has 26 heavy (non-hydrogen) atoms. The fraction of sp³-hybridized carbons (Fsp3) is 0.158. The number of halogens is 4. The second-order valence-corrected chi connectivity index (χ2v) is 5.97. The van der Waals surface area contributed by atoms with Crippen LogP contribution in [0.2, 0.25) is 0 Å². The van der Waals surface area contributed by atoms with E-state index in [1.54, 1.807) is 24.3 Å². The van der Waals surface area contributed by atoms with Gasteiger partial charge < -0.3 is 9.64 Å². The number of anilines is 1. The summed E-state index contributed by atoms with van der Waals surface area (Å²) in [5.41, 5.74) is 3.54. The van der Waals surface area contributed by atoms with Crippen LogP contribution in [-0.2, 0) is 6.54 Å². The van der Waals surface area contributed by atoms with Crippen LogP contribution in [0.3, 0.4) is 0 Å². The van der Waals surface area contributed by atoms with Crippen molar-refractivity contribution in [2.75, 3.05) is 4.90 Å². The number of hydrogen-bond donors (Lipinski definition) is 0. The summed E-state index contributed by atoms with van der Waals surface area (Å²) in [5, 5.41) is 0.688. The quantitative estimate of drug-likeness (QED) is 0.560. The van der Waals surface area contributed by atoms with Gasteiger partial charge in [-0.05, 0) is 42.0 Å². The summed E-state index contributed by atoms with van der Waals surface area (Å²) in [4.78, 5) is 1.91. The maximum Gasteiger partial charge on any atom is 0.387 e. The van der Waals surface area contributed by atoms with Crippen molar-refractivity contribution in [3.05, 3.63) is 66.4 Å². The zero-order valence-electron chi connectivity index (χ0n) is 13.5. The monoisotopic (exact) mass is 362 g/mol. The topological polar surface area (TPSA) is 17.4 Å². The molecule has 4 rings (SSSR count). The van der Waals surface area contributed by atoms with E-state index in [1.165, 1.54) is 18.3 Å². The number of rotatable bonds is 4. The highest BCUT2D eigenvalue weighted by Gasteiger charge is 2.25. The Morgan fingerprint density at radius 3 is 2.54 bits per heavy atom. The van der Waals surface area contributed by atoms with Gasteiger partial charge in [0.05, 0.1) is 5.52 Å². The Bertz CT molecular complexity index is 996. The van der Waals surface area contributed by atoms with E-state index in [0.717, 1.165) is 21.4 Å². The molecule has 0 atom stereocenters. The van der Waals surface area contributed by atoms with Crippen LogP contribution in [0.4, 0.5) is 23.2 Å². The smallest absolute Gasteiger partial charge is 0.387 e. The van der Waals surface area contributed by atoms with Gasteiger partial charge in [0.25, 0.3) is 0 Å². The Balaban J connectivity index is 1.66. The van der Waals surface area contributed by atoms with Crippen LogP contribution in [0, 0.1) is 0 Å². The number of aromatic nitrogens is 1. The molecule has 3 nitrogen and oxygen atoms in total. The number of alkyl halides is 4. The van der Waals surface area contributed by atoms with Gasteiger partial charge in [0.15, 0.2) is 0 Å². The van der Waals surface area contributed by atoms with E-state index in [2.05, 4.69) is 11.3 Å². The third-order valence-corrected chi connectivity index (χ3v) is 4.50. The molecule has 0 bridgehead atoms. The summed E-state index contributed by atoms with van der Waals surface area (Å²) < 4.78 is 56.1. The van der Waals surface area contributed by atoms with E-state index in [9.17, 15) is 17.6 Å².